The Labute approximate surface area is 90.7 Å². The zero-order chi connectivity index (χ0) is 11.4. The SMILES string of the molecule is CCCOC(=O)c1sc(C(=O)O)nc1C. The van der Waals surface area contributed by atoms with Gasteiger partial charge in [0.1, 0.15) is 4.88 Å². The molecule has 82 valence electrons. The lowest BCUT2D eigenvalue weighted by atomic mass is 10.4. The van der Waals surface area contributed by atoms with Gasteiger partial charge in [0.05, 0.1) is 12.3 Å². The molecule has 0 amide bonds. The van der Waals surface area contributed by atoms with Crippen LogP contribution in [0.25, 0.3) is 0 Å². The first-order valence-electron chi connectivity index (χ1n) is 4.44. The van der Waals surface area contributed by atoms with E-state index in [2.05, 4.69) is 4.98 Å². The molecule has 1 rings (SSSR count). The average Bonchev–Trinajstić information content (AvgIpc) is 2.57. The minimum absolute atomic E-state index is 0.0871. The first kappa shape index (κ1) is 11.6. The zero-order valence-corrected chi connectivity index (χ0v) is 9.26. The molecule has 0 aliphatic rings. The highest BCUT2D eigenvalue weighted by molar-refractivity contribution is 7.15. The highest BCUT2D eigenvalue weighted by atomic mass is 32.1. The molecular weight excluding hydrogens is 218 g/mol. The maximum Gasteiger partial charge on any atom is 0.365 e. The Morgan fingerprint density at radius 3 is 2.67 bits per heavy atom. The topological polar surface area (TPSA) is 76.5 Å². The van der Waals surface area contributed by atoms with Gasteiger partial charge in [-0.25, -0.2) is 14.6 Å². The van der Waals surface area contributed by atoms with Gasteiger partial charge < -0.3 is 9.84 Å². The van der Waals surface area contributed by atoms with Crippen LogP contribution in [0, 0.1) is 6.92 Å². The van der Waals surface area contributed by atoms with Crippen molar-refractivity contribution in [2.45, 2.75) is 20.3 Å². The summed E-state index contributed by atoms with van der Waals surface area (Å²) in [5.41, 5.74) is 0.401. The minimum atomic E-state index is -1.13. The molecule has 0 fully saturated rings. The Morgan fingerprint density at radius 1 is 1.53 bits per heavy atom. The number of thiazole rings is 1. The van der Waals surface area contributed by atoms with Crippen molar-refractivity contribution in [2.24, 2.45) is 0 Å². The number of ether oxygens (including phenoxy) is 1. The number of rotatable bonds is 4. The smallest absolute Gasteiger partial charge is 0.365 e. The standard InChI is InChI=1S/C9H11NO4S/c1-3-4-14-9(13)6-5(2)10-7(15-6)8(11)12/h3-4H2,1-2H3,(H,11,12). The fraction of sp³-hybridized carbons (Fsp3) is 0.444. The molecule has 6 heteroatoms. The van der Waals surface area contributed by atoms with Crippen molar-refractivity contribution in [3.63, 3.8) is 0 Å². The van der Waals surface area contributed by atoms with E-state index in [1.54, 1.807) is 6.92 Å². The highest BCUT2D eigenvalue weighted by Gasteiger charge is 2.19. The number of nitrogens with zero attached hydrogens (tertiary/aromatic N) is 1. The molecule has 0 aliphatic carbocycles. The molecule has 0 aliphatic heterocycles. The summed E-state index contributed by atoms with van der Waals surface area (Å²) in [6.45, 7) is 3.81. The molecule has 0 aromatic carbocycles. The maximum absolute atomic E-state index is 11.4. The molecule has 0 radical (unpaired) electrons. The lowest BCUT2D eigenvalue weighted by Crippen LogP contribution is -2.05. The monoisotopic (exact) mass is 229 g/mol. The van der Waals surface area contributed by atoms with Gasteiger partial charge >= 0.3 is 11.9 Å². The molecule has 0 saturated heterocycles. The van der Waals surface area contributed by atoms with Crippen molar-refractivity contribution >= 4 is 23.3 Å². The Balaban J connectivity index is 2.85. The number of carbonyl (C=O) groups is 2. The van der Waals surface area contributed by atoms with Crippen LogP contribution < -0.4 is 0 Å². The molecular formula is C9H11NO4S. The first-order chi connectivity index (χ1) is 7.06. The van der Waals surface area contributed by atoms with E-state index in [4.69, 9.17) is 9.84 Å². The van der Waals surface area contributed by atoms with E-state index < -0.39 is 11.9 Å². The molecule has 0 saturated carbocycles. The Morgan fingerprint density at radius 2 is 2.20 bits per heavy atom. The molecule has 1 aromatic heterocycles. The van der Waals surface area contributed by atoms with Gasteiger partial charge in [-0.15, -0.1) is 0 Å². The number of aromatic nitrogens is 1. The largest absolute Gasteiger partial charge is 0.476 e. The minimum Gasteiger partial charge on any atom is -0.476 e. The summed E-state index contributed by atoms with van der Waals surface area (Å²) in [4.78, 5) is 26.0. The van der Waals surface area contributed by atoms with Crippen molar-refractivity contribution in [1.29, 1.82) is 0 Å². The number of hydrogen-bond donors (Lipinski definition) is 1. The van der Waals surface area contributed by atoms with Crippen molar-refractivity contribution in [3.05, 3.63) is 15.6 Å². The van der Waals surface area contributed by atoms with Crippen molar-refractivity contribution in [2.75, 3.05) is 6.61 Å². The highest BCUT2D eigenvalue weighted by Crippen LogP contribution is 2.19. The van der Waals surface area contributed by atoms with Crippen LogP contribution in [0.3, 0.4) is 0 Å². The predicted octanol–water partition coefficient (Wildman–Crippen LogP) is 1.72. The average molecular weight is 229 g/mol. The lowest BCUT2D eigenvalue weighted by Gasteiger charge is -1.99. The normalized spacial score (nSPS) is 10.0. The first-order valence-corrected chi connectivity index (χ1v) is 5.25. The molecule has 0 unspecified atom stereocenters. The van der Waals surface area contributed by atoms with Gasteiger partial charge in [0, 0.05) is 0 Å². The molecule has 0 bridgehead atoms. The second-order valence-electron chi connectivity index (χ2n) is 2.87. The van der Waals surface area contributed by atoms with Gasteiger partial charge in [0.2, 0.25) is 5.01 Å². The summed E-state index contributed by atoms with van der Waals surface area (Å²) < 4.78 is 4.89. The van der Waals surface area contributed by atoms with Crippen molar-refractivity contribution in [1.82, 2.24) is 4.98 Å². The van der Waals surface area contributed by atoms with E-state index in [0.717, 1.165) is 17.8 Å². The van der Waals surface area contributed by atoms with Gasteiger partial charge in [0.15, 0.2) is 0 Å². The van der Waals surface area contributed by atoms with Gasteiger partial charge in [-0.1, -0.05) is 18.3 Å². The number of carboxylic acids is 1. The molecule has 15 heavy (non-hydrogen) atoms. The molecule has 0 spiro atoms. The second kappa shape index (κ2) is 4.88. The van der Waals surface area contributed by atoms with E-state index >= 15 is 0 Å². The number of carboxylic acid groups (broad SMARTS) is 1. The van der Waals surface area contributed by atoms with Crippen LogP contribution in [0.15, 0.2) is 0 Å². The van der Waals surface area contributed by atoms with Crippen LogP contribution in [0.5, 0.6) is 0 Å². The summed E-state index contributed by atoms with van der Waals surface area (Å²) >= 11 is 0.841. The molecule has 5 nitrogen and oxygen atoms in total. The van der Waals surface area contributed by atoms with Gasteiger partial charge in [-0.05, 0) is 13.3 Å². The molecule has 1 N–H and O–H groups in total. The fourth-order valence-corrected chi connectivity index (χ4v) is 1.74. The third-order valence-corrected chi connectivity index (χ3v) is 2.73. The van der Waals surface area contributed by atoms with E-state index in [-0.39, 0.29) is 9.88 Å². The number of esters is 1. The number of aromatic carboxylic acids is 1. The summed E-state index contributed by atoms with van der Waals surface area (Å²) in [5.74, 6) is -1.63. The third-order valence-electron chi connectivity index (χ3n) is 1.60. The van der Waals surface area contributed by atoms with E-state index in [9.17, 15) is 9.59 Å². The van der Waals surface area contributed by atoms with Gasteiger partial charge in [-0.2, -0.15) is 0 Å². The van der Waals surface area contributed by atoms with Crippen molar-refractivity contribution in [3.8, 4) is 0 Å². The lowest BCUT2D eigenvalue weighted by molar-refractivity contribution is 0.0509. The third kappa shape index (κ3) is 2.76. The van der Waals surface area contributed by atoms with Crippen LogP contribution in [-0.4, -0.2) is 28.6 Å². The van der Waals surface area contributed by atoms with Crippen molar-refractivity contribution < 1.29 is 19.4 Å². The Kier molecular flexibility index (Phi) is 3.79. The summed E-state index contributed by atoms with van der Waals surface area (Å²) in [5, 5.41) is 8.59. The summed E-state index contributed by atoms with van der Waals surface area (Å²) in [7, 11) is 0. The van der Waals surface area contributed by atoms with E-state index in [1.807, 2.05) is 6.92 Å². The van der Waals surface area contributed by atoms with Gasteiger partial charge in [0.25, 0.3) is 0 Å². The molecule has 0 atom stereocenters. The van der Waals surface area contributed by atoms with Gasteiger partial charge in [-0.3, -0.25) is 0 Å². The number of carbonyl (C=O) groups excluding carboxylic acids is 1. The van der Waals surface area contributed by atoms with Crippen LogP contribution >= 0.6 is 11.3 Å². The van der Waals surface area contributed by atoms with Crippen LogP contribution in [-0.2, 0) is 4.74 Å². The molecule has 1 aromatic rings. The fourth-order valence-electron chi connectivity index (χ4n) is 0.938. The quantitative estimate of drug-likeness (QED) is 0.795. The zero-order valence-electron chi connectivity index (χ0n) is 8.44. The van der Waals surface area contributed by atoms with Crippen LogP contribution in [0.2, 0.25) is 0 Å². The van der Waals surface area contributed by atoms with E-state index in [1.165, 1.54) is 0 Å². The predicted molar refractivity (Wildman–Crippen MR) is 54.4 cm³/mol. The Hall–Kier alpha value is -1.43. The number of hydrogen-bond acceptors (Lipinski definition) is 5. The Bertz CT molecular complexity index is 385. The second-order valence-corrected chi connectivity index (χ2v) is 3.87. The van der Waals surface area contributed by atoms with E-state index in [0.29, 0.717) is 12.3 Å². The summed E-state index contributed by atoms with van der Waals surface area (Å²) in [6.07, 6.45) is 0.732. The summed E-state index contributed by atoms with van der Waals surface area (Å²) in [6, 6.07) is 0. The molecule has 1 heterocycles. The van der Waals surface area contributed by atoms with Crippen LogP contribution in [0.4, 0.5) is 0 Å². The maximum atomic E-state index is 11.4. The van der Waals surface area contributed by atoms with Crippen LogP contribution in [0.1, 0.15) is 38.5 Å². The number of aryl methyl sites for hydroxylation is 1.